The fourth-order valence-electron chi connectivity index (χ4n) is 4.07. The molecule has 3 rings (SSSR count). The Bertz CT molecular complexity index is 870. The molecule has 0 saturated heterocycles. The van der Waals surface area contributed by atoms with E-state index in [0.717, 1.165) is 16.7 Å². The summed E-state index contributed by atoms with van der Waals surface area (Å²) in [5, 5.41) is 30.1. The van der Waals surface area contributed by atoms with Crippen molar-refractivity contribution in [2.75, 3.05) is 6.61 Å². The number of aliphatic hydroxyl groups excluding tert-OH is 3. The minimum Gasteiger partial charge on any atom is -0.394 e. The number of carbonyl (C=O) groups excluding carboxylic acids is 1. The van der Waals surface area contributed by atoms with Gasteiger partial charge in [0, 0.05) is 5.92 Å². The van der Waals surface area contributed by atoms with Gasteiger partial charge in [0.1, 0.15) is 12.2 Å². The van der Waals surface area contributed by atoms with E-state index in [1.807, 2.05) is 97.9 Å². The Labute approximate surface area is 171 Å². The van der Waals surface area contributed by atoms with Gasteiger partial charge in [-0.15, -0.1) is 0 Å². The number of aliphatic hydroxyl groups is 3. The Kier molecular flexibility index (Phi) is 6.60. The normalized spacial score (nSPS) is 14.8. The van der Waals surface area contributed by atoms with Crippen molar-refractivity contribution in [1.82, 2.24) is 0 Å². The molecule has 4 heteroatoms. The number of hydrogen-bond acceptors (Lipinski definition) is 4. The van der Waals surface area contributed by atoms with Crippen LogP contribution in [-0.4, -0.2) is 39.9 Å². The zero-order valence-corrected chi connectivity index (χ0v) is 16.3. The topological polar surface area (TPSA) is 77.8 Å². The predicted octanol–water partition coefficient (Wildman–Crippen LogP) is 3.06. The van der Waals surface area contributed by atoms with Crippen LogP contribution in [-0.2, 0) is 10.2 Å². The highest BCUT2D eigenvalue weighted by atomic mass is 16.4. The van der Waals surface area contributed by atoms with E-state index in [2.05, 4.69) is 0 Å². The lowest BCUT2D eigenvalue weighted by molar-refractivity contribution is -0.139. The molecule has 0 fully saturated rings. The van der Waals surface area contributed by atoms with Crippen molar-refractivity contribution >= 4 is 5.78 Å². The van der Waals surface area contributed by atoms with Crippen LogP contribution in [0.5, 0.6) is 0 Å². The molecule has 3 N–H and O–H groups in total. The molecular formula is C25H26O4. The molecule has 0 radical (unpaired) electrons. The second kappa shape index (κ2) is 9.14. The summed E-state index contributed by atoms with van der Waals surface area (Å²) in [6.45, 7) is 1.25. The first kappa shape index (κ1) is 20.9. The minimum absolute atomic E-state index is 0.346. The first-order chi connectivity index (χ1) is 14.0. The maximum absolute atomic E-state index is 13.9. The van der Waals surface area contributed by atoms with Gasteiger partial charge in [0.05, 0.1) is 12.0 Å². The highest BCUT2D eigenvalue weighted by molar-refractivity contribution is 5.98. The average Bonchev–Trinajstić information content (AvgIpc) is 2.80. The number of Topliss-reactive ketones (excluding diaryl/α,β-unsaturated/α-hetero) is 1. The fraction of sp³-hybridized carbons (Fsp3) is 0.240. The SMILES string of the molecule is CC(c1ccccc1)C(C(=O)C(O)C(O)CO)(c1ccccc1)c1ccccc1. The van der Waals surface area contributed by atoms with Crippen LogP contribution in [0.1, 0.15) is 29.5 Å². The number of ketones is 1. The molecule has 0 aliphatic carbocycles. The Morgan fingerprint density at radius 2 is 1.21 bits per heavy atom. The molecular weight excluding hydrogens is 364 g/mol. The minimum atomic E-state index is -1.73. The summed E-state index contributed by atoms with van der Waals surface area (Å²) >= 11 is 0. The van der Waals surface area contributed by atoms with Crippen LogP contribution in [0.3, 0.4) is 0 Å². The maximum atomic E-state index is 13.9. The van der Waals surface area contributed by atoms with Crippen molar-refractivity contribution in [3.63, 3.8) is 0 Å². The molecule has 0 amide bonds. The lowest BCUT2D eigenvalue weighted by atomic mass is 9.60. The molecule has 3 aromatic carbocycles. The van der Waals surface area contributed by atoms with Crippen molar-refractivity contribution in [2.24, 2.45) is 0 Å². The van der Waals surface area contributed by atoms with Gasteiger partial charge in [-0.1, -0.05) is 97.9 Å². The quantitative estimate of drug-likeness (QED) is 0.552. The molecule has 4 nitrogen and oxygen atoms in total. The third kappa shape index (κ3) is 3.87. The number of hydrogen-bond donors (Lipinski definition) is 3. The molecule has 3 unspecified atom stereocenters. The lowest BCUT2D eigenvalue weighted by Gasteiger charge is -2.41. The molecule has 0 aromatic heterocycles. The van der Waals surface area contributed by atoms with Crippen LogP contribution in [0, 0.1) is 0 Å². The van der Waals surface area contributed by atoms with Crippen LogP contribution in [0.15, 0.2) is 91.0 Å². The molecule has 3 aromatic rings. The highest BCUT2D eigenvalue weighted by Gasteiger charge is 2.50. The molecule has 0 heterocycles. The molecule has 0 aliphatic heterocycles. The van der Waals surface area contributed by atoms with Crippen molar-refractivity contribution in [3.05, 3.63) is 108 Å². The van der Waals surface area contributed by atoms with E-state index in [9.17, 15) is 20.1 Å². The first-order valence-electron chi connectivity index (χ1n) is 9.70. The summed E-state index contributed by atoms with van der Waals surface area (Å²) in [5.41, 5.74) is 1.12. The van der Waals surface area contributed by atoms with Crippen LogP contribution >= 0.6 is 0 Å². The number of carbonyl (C=O) groups is 1. The van der Waals surface area contributed by atoms with E-state index in [1.54, 1.807) is 0 Å². The van der Waals surface area contributed by atoms with Crippen LogP contribution < -0.4 is 0 Å². The molecule has 0 aliphatic rings. The van der Waals surface area contributed by atoms with E-state index >= 15 is 0 Å². The van der Waals surface area contributed by atoms with Crippen molar-refractivity contribution in [3.8, 4) is 0 Å². The van der Waals surface area contributed by atoms with E-state index in [0.29, 0.717) is 0 Å². The monoisotopic (exact) mass is 390 g/mol. The molecule has 3 atom stereocenters. The summed E-state index contributed by atoms with van der Waals surface area (Å²) in [6.07, 6.45) is -3.29. The van der Waals surface area contributed by atoms with Gasteiger partial charge in [-0.2, -0.15) is 0 Å². The van der Waals surface area contributed by atoms with Crippen molar-refractivity contribution in [2.45, 2.75) is 30.5 Å². The largest absolute Gasteiger partial charge is 0.394 e. The van der Waals surface area contributed by atoms with Gasteiger partial charge < -0.3 is 15.3 Å². The van der Waals surface area contributed by atoms with Crippen molar-refractivity contribution < 1.29 is 20.1 Å². The fourth-order valence-corrected chi connectivity index (χ4v) is 4.07. The molecule has 0 spiro atoms. The summed E-state index contributed by atoms with van der Waals surface area (Å²) in [5.74, 6) is -0.894. The smallest absolute Gasteiger partial charge is 0.179 e. The van der Waals surface area contributed by atoms with Gasteiger partial charge >= 0.3 is 0 Å². The Morgan fingerprint density at radius 3 is 1.62 bits per heavy atom. The van der Waals surface area contributed by atoms with Crippen LogP contribution in [0.25, 0.3) is 0 Å². The Balaban J connectivity index is 2.32. The molecule has 150 valence electrons. The lowest BCUT2D eigenvalue weighted by Crippen LogP contribution is -2.51. The molecule has 0 saturated carbocycles. The van der Waals surface area contributed by atoms with Gasteiger partial charge in [0.2, 0.25) is 0 Å². The zero-order valence-electron chi connectivity index (χ0n) is 16.3. The summed E-state index contributed by atoms with van der Waals surface area (Å²) < 4.78 is 0. The second-order valence-corrected chi connectivity index (χ2v) is 7.23. The van der Waals surface area contributed by atoms with Gasteiger partial charge in [-0.3, -0.25) is 4.79 Å². The van der Waals surface area contributed by atoms with Crippen LogP contribution in [0.4, 0.5) is 0 Å². The summed E-state index contributed by atoms with van der Waals surface area (Å²) in [4.78, 5) is 13.9. The van der Waals surface area contributed by atoms with Gasteiger partial charge in [0.25, 0.3) is 0 Å². The van der Waals surface area contributed by atoms with Gasteiger partial charge in [-0.05, 0) is 16.7 Å². The Hall–Kier alpha value is -2.79. The third-order valence-electron chi connectivity index (χ3n) is 5.62. The zero-order chi connectivity index (χ0) is 20.9. The standard InChI is InChI=1S/C25H26O4/c1-18(19-11-5-2-6-12-19)25(20-13-7-3-8-14-20,21-15-9-4-10-16-21)24(29)23(28)22(27)17-26/h2-16,18,22-23,26-28H,17H2,1H3. The van der Waals surface area contributed by atoms with E-state index < -0.39 is 30.0 Å². The first-order valence-corrected chi connectivity index (χ1v) is 9.70. The van der Waals surface area contributed by atoms with Gasteiger partial charge in [-0.25, -0.2) is 0 Å². The highest BCUT2D eigenvalue weighted by Crippen LogP contribution is 2.46. The third-order valence-corrected chi connectivity index (χ3v) is 5.62. The van der Waals surface area contributed by atoms with E-state index in [1.165, 1.54) is 0 Å². The summed E-state index contributed by atoms with van der Waals surface area (Å²) in [6, 6.07) is 28.3. The van der Waals surface area contributed by atoms with E-state index in [4.69, 9.17) is 0 Å². The molecule has 0 bridgehead atoms. The van der Waals surface area contributed by atoms with Crippen LogP contribution in [0.2, 0.25) is 0 Å². The Morgan fingerprint density at radius 1 is 0.793 bits per heavy atom. The van der Waals surface area contributed by atoms with E-state index in [-0.39, 0.29) is 5.92 Å². The number of rotatable bonds is 8. The maximum Gasteiger partial charge on any atom is 0.179 e. The number of benzene rings is 3. The summed E-state index contributed by atoms with van der Waals surface area (Å²) in [7, 11) is 0. The molecule has 29 heavy (non-hydrogen) atoms. The average molecular weight is 390 g/mol. The predicted molar refractivity (Wildman–Crippen MR) is 113 cm³/mol. The van der Waals surface area contributed by atoms with Gasteiger partial charge in [0.15, 0.2) is 5.78 Å². The van der Waals surface area contributed by atoms with Crippen molar-refractivity contribution in [1.29, 1.82) is 0 Å². The second-order valence-electron chi connectivity index (χ2n) is 7.23.